The highest BCUT2D eigenvalue weighted by Crippen LogP contribution is 2.57. The molecular weight excluding hydrogens is 372 g/mol. The predicted octanol–water partition coefficient (Wildman–Crippen LogP) is 0.952. The zero-order chi connectivity index (χ0) is 16.8. The van der Waals surface area contributed by atoms with Gasteiger partial charge in [-0.1, -0.05) is 0 Å². The van der Waals surface area contributed by atoms with Gasteiger partial charge in [-0.3, -0.25) is 18.9 Å². The second-order valence-electron chi connectivity index (χ2n) is 4.92. The van der Waals surface area contributed by atoms with Gasteiger partial charge < -0.3 is 20.1 Å². The summed E-state index contributed by atoms with van der Waals surface area (Å²) in [4.78, 5) is 22.1. The van der Waals surface area contributed by atoms with Crippen molar-refractivity contribution in [2.75, 3.05) is 12.3 Å². The van der Waals surface area contributed by atoms with Crippen molar-refractivity contribution in [2.45, 2.75) is 24.9 Å². The van der Waals surface area contributed by atoms with Gasteiger partial charge in [-0.15, -0.1) is 0 Å². The largest absolute Gasteiger partial charge is 0.390 e. The lowest BCUT2D eigenvalue weighted by Crippen LogP contribution is -2.25. The maximum atomic E-state index is 11.7. The molecule has 3 heterocycles. The average Bonchev–Trinajstić information content (AvgIpc) is 2.99. The van der Waals surface area contributed by atoms with Gasteiger partial charge in [-0.2, -0.15) is 4.98 Å². The lowest BCUT2D eigenvalue weighted by Gasteiger charge is -2.16. The highest BCUT2D eigenvalue weighted by molar-refractivity contribution is 8.05. The van der Waals surface area contributed by atoms with Crippen LogP contribution in [-0.4, -0.2) is 43.4 Å². The minimum Gasteiger partial charge on any atom is -0.390 e. The molecule has 13 heteroatoms. The first kappa shape index (κ1) is 16.7. The lowest BCUT2D eigenvalue weighted by atomic mass is 10.2. The quantitative estimate of drug-likeness (QED) is 0.661. The number of hydrogen-bond donors (Lipinski definition) is 3. The first-order valence-electron chi connectivity index (χ1n) is 6.44. The maximum absolute atomic E-state index is 11.7. The number of aliphatic hydroxyl groups is 1. The fourth-order valence-electron chi connectivity index (χ4n) is 2.35. The molecule has 2 aromatic heterocycles. The van der Waals surface area contributed by atoms with Crippen molar-refractivity contribution in [3.63, 3.8) is 0 Å². The highest BCUT2D eigenvalue weighted by atomic mass is 35.9. The van der Waals surface area contributed by atoms with Crippen molar-refractivity contribution < 1.29 is 18.9 Å². The fourth-order valence-corrected chi connectivity index (χ4v) is 3.01. The number of nitrogens with zero attached hydrogens (tertiary/aromatic N) is 3. The van der Waals surface area contributed by atoms with Crippen LogP contribution in [0.1, 0.15) is 12.6 Å². The molecular formula is C10H12Cl2N5O5P. The van der Waals surface area contributed by atoms with Gasteiger partial charge in [0.25, 0.3) is 5.56 Å². The summed E-state index contributed by atoms with van der Waals surface area (Å²) in [5, 5.41) is 10.0. The van der Waals surface area contributed by atoms with Gasteiger partial charge in [-0.05, 0) is 22.5 Å². The number of H-pyrrole nitrogens is 1. The number of nitrogen functional groups attached to an aromatic ring is 1. The second-order valence-corrected chi connectivity index (χ2v) is 9.19. The minimum absolute atomic E-state index is 0.0621. The van der Waals surface area contributed by atoms with Gasteiger partial charge in [0, 0.05) is 6.42 Å². The number of ether oxygens (including phenoxy) is 1. The van der Waals surface area contributed by atoms with Crippen LogP contribution in [0.25, 0.3) is 11.2 Å². The van der Waals surface area contributed by atoms with E-state index < -0.39 is 30.1 Å². The molecule has 2 aromatic rings. The Kier molecular flexibility index (Phi) is 4.39. The number of imidazole rings is 1. The summed E-state index contributed by atoms with van der Waals surface area (Å²) < 4.78 is 23.0. The smallest absolute Gasteiger partial charge is 0.380 e. The lowest BCUT2D eigenvalue weighted by molar-refractivity contribution is -0.0367. The van der Waals surface area contributed by atoms with Crippen LogP contribution < -0.4 is 11.3 Å². The van der Waals surface area contributed by atoms with Crippen LogP contribution in [0.5, 0.6) is 0 Å². The third kappa shape index (κ3) is 3.52. The molecule has 1 aliphatic heterocycles. The van der Waals surface area contributed by atoms with E-state index in [1.54, 1.807) is 0 Å². The Bertz CT molecular complexity index is 835. The van der Waals surface area contributed by atoms with Crippen LogP contribution in [0.3, 0.4) is 0 Å². The monoisotopic (exact) mass is 383 g/mol. The number of halogens is 2. The molecule has 0 amide bonds. The van der Waals surface area contributed by atoms with Gasteiger partial charge in [0.2, 0.25) is 5.95 Å². The molecule has 10 nitrogen and oxygen atoms in total. The summed E-state index contributed by atoms with van der Waals surface area (Å²) in [5.74, 6) is -0.0621. The van der Waals surface area contributed by atoms with E-state index >= 15 is 0 Å². The molecule has 23 heavy (non-hydrogen) atoms. The van der Waals surface area contributed by atoms with Crippen LogP contribution in [0.2, 0.25) is 0 Å². The van der Waals surface area contributed by atoms with Gasteiger partial charge in [0.1, 0.15) is 12.3 Å². The van der Waals surface area contributed by atoms with E-state index in [1.807, 2.05) is 0 Å². The summed E-state index contributed by atoms with van der Waals surface area (Å²) >= 11 is 10.6. The zero-order valence-electron chi connectivity index (χ0n) is 11.4. The second kappa shape index (κ2) is 6.04. The standard InChI is InChI=1S/C10H12Cl2N5O5P/c11-23(12,20)21-2-5-4(18)1-6(22-5)17-3-14-7-8(17)15-10(13)16-9(7)19/h3-6,18H,1-2H2,(H3,13,15,16,19). The highest BCUT2D eigenvalue weighted by Gasteiger charge is 2.37. The van der Waals surface area contributed by atoms with E-state index in [-0.39, 0.29) is 30.1 Å². The summed E-state index contributed by atoms with van der Waals surface area (Å²) in [6, 6.07) is 0. The van der Waals surface area contributed by atoms with Crippen molar-refractivity contribution in [1.29, 1.82) is 0 Å². The summed E-state index contributed by atoms with van der Waals surface area (Å²) in [6.07, 6.45) is -4.52. The Morgan fingerprint density at radius 3 is 3.04 bits per heavy atom. The number of fused-ring (bicyclic) bond motifs is 1. The number of anilines is 1. The molecule has 0 bridgehead atoms. The van der Waals surface area contributed by atoms with Crippen LogP contribution in [0.4, 0.5) is 5.95 Å². The number of hydrogen-bond acceptors (Lipinski definition) is 8. The van der Waals surface area contributed by atoms with Crippen molar-refractivity contribution in [2.24, 2.45) is 0 Å². The first-order chi connectivity index (χ1) is 10.7. The van der Waals surface area contributed by atoms with Crippen LogP contribution in [0.15, 0.2) is 11.1 Å². The minimum atomic E-state index is -3.72. The average molecular weight is 384 g/mol. The van der Waals surface area contributed by atoms with E-state index in [2.05, 4.69) is 15.0 Å². The molecule has 126 valence electrons. The molecule has 3 unspecified atom stereocenters. The van der Waals surface area contributed by atoms with E-state index in [4.69, 9.17) is 37.5 Å². The molecule has 0 spiro atoms. The Morgan fingerprint density at radius 2 is 2.35 bits per heavy atom. The SMILES string of the molecule is Nc1nc2c(ncn2C2CC(O)C(COP(=O)(Cl)Cl)O2)c(=O)[nH]1. The van der Waals surface area contributed by atoms with Crippen LogP contribution in [-0.2, 0) is 13.8 Å². The van der Waals surface area contributed by atoms with Gasteiger partial charge >= 0.3 is 6.07 Å². The number of aromatic nitrogens is 4. The predicted molar refractivity (Wildman–Crippen MR) is 82.4 cm³/mol. The Labute approximate surface area is 138 Å². The molecule has 1 aliphatic rings. The molecule has 0 aliphatic carbocycles. The van der Waals surface area contributed by atoms with E-state index in [0.29, 0.717) is 0 Å². The first-order valence-corrected chi connectivity index (χ1v) is 9.88. The molecule has 3 atom stereocenters. The Hall–Kier alpha value is -1.16. The van der Waals surface area contributed by atoms with Crippen molar-refractivity contribution in [3.8, 4) is 0 Å². The summed E-state index contributed by atoms with van der Waals surface area (Å²) in [7, 11) is 0. The summed E-state index contributed by atoms with van der Waals surface area (Å²) in [5.41, 5.74) is 5.37. The third-order valence-corrected chi connectivity index (χ3v) is 4.39. The number of rotatable bonds is 4. The van der Waals surface area contributed by atoms with Crippen molar-refractivity contribution in [1.82, 2.24) is 19.5 Å². The van der Waals surface area contributed by atoms with Crippen LogP contribution >= 0.6 is 28.6 Å². The van der Waals surface area contributed by atoms with E-state index in [0.717, 1.165) is 0 Å². The molecule has 0 radical (unpaired) electrons. The molecule has 4 N–H and O–H groups in total. The van der Waals surface area contributed by atoms with E-state index in [1.165, 1.54) is 10.9 Å². The summed E-state index contributed by atoms with van der Waals surface area (Å²) in [6.45, 7) is -0.245. The zero-order valence-corrected chi connectivity index (χ0v) is 13.8. The molecule has 0 saturated carbocycles. The van der Waals surface area contributed by atoms with Gasteiger partial charge in [0.15, 0.2) is 11.2 Å². The third-order valence-electron chi connectivity index (χ3n) is 3.35. The molecule has 0 aromatic carbocycles. The number of nitrogens with two attached hydrogens (primary N) is 1. The van der Waals surface area contributed by atoms with E-state index in [9.17, 15) is 14.5 Å². The Balaban J connectivity index is 1.84. The fraction of sp³-hybridized carbons (Fsp3) is 0.500. The normalized spacial score (nSPS) is 25.3. The van der Waals surface area contributed by atoms with Crippen molar-refractivity contribution >= 4 is 45.7 Å². The van der Waals surface area contributed by atoms with Gasteiger partial charge in [-0.25, -0.2) is 4.98 Å². The Morgan fingerprint density at radius 1 is 1.61 bits per heavy atom. The molecule has 3 rings (SSSR count). The maximum Gasteiger partial charge on any atom is 0.380 e. The number of nitrogens with one attached hydrogen (secondary N) is 1. The molecule has 1 saturated heterocycles. The topological polar surface area (TPSA) is 145 Å². The van der Waals surface area contributed by atoms with Gasteiger partial charge in [0.05, 0.1) is 19.0 Å². The number of aliphatic hydroxyl groups excluding tert-OH is 1. The van der Waals surface area contributed by atoms with Crippen LogP contribution in [0, 0.1) is 0 Å². The molecule has 1 fully saturated rings. The van der Waals surface area contributed by atoms with Crippen molar-refractivity contribution in [3.05, 3.63) is 16.7 Å². The number of aromatic amines is 1.